The van der Waals surface area contributed by atoms with Gasteiger partial charge in [-0.15, -0.1) is 0 Å². The average molecular weight is 288 g/mol. The number of anilines is 1. The molecule has 0 fully saturated rings. The van der Waals surface area contributed by atoms with E-state index in [0.717, 1.165) is 36.7 Å². The van der Waals surface area contributed by atoms with Gasteiger partial charge in [0.25, 0.3) is 0 Å². The van der Waals surface area contributed by atoms with Crippen molar-refractivity contribution in [3.8, 4) is 11.5 Å². The van der Waals surface area contributed by atoms with Crippen LogP contribution < -0.4 is 14.8 Å². The lowest BCUT2D eigenvalue weighted by Gasteiger charge is -2.12. The van der Waals surface area contributed by atoms with E-state index < -0.39 is 0 Å². The van der Waals surface area contributed by atoms with E-state index in [1.807, 2.05) is 25.1 Å². The predicted octanol–water partition coefficient (Wildman–Crippen LogP) is 3.92. The zero-order valence-electron chi connectivity index (χ0n) is 13.1. The minimum Gasteiger partial charge on any atom is -0.493 e. The Bertz CT molecular complexity index is 564. The van der Waals surface area contributed by atoms with Crippen molar-refractivity contribution in [2.24, 2.45) is 0 Å². The SMILES string of the molecule is CCCn1ccc(CNc2ccc(OC)c(OCC)c2)c1. The second kappa shape index (κ2) is 7.62. The maximum absolute atomic E-state index is 5.59. The van der Waals surface area contributed by atoms with Crippen molar-refractivity contribution in [1.82, 2.24) is 4.57 Å². The Morgan fingerprint density at radius 3 is 2.71 bits per heavy atom. The fourth-order valence-corrected chi connectivity index (χ4v) is 2.25. The third-order valence-corrected chi connectivity index (χ3v) is 3.25. The van der Waals surface area contributed by atoms with Crippen molar-refractivity contribution >= 4 is 5.69 Å². The Morgan fingerprint density at radius 2 is 2.00 bits per heavy atom. The fraction of sp³-hybridized carbons (Fsp3) is 0.412. The van der Waals surface area contributed by atoms with Gasteiger partial charge >= 0.3 is 0 Å². The highest BCUT2D eigenvalue weighted by molar-refractivity contribution is 5.54. The molecule has 0 radical (unpaired) electrons. The molecule has 0 spiro atoms. The van der Waals surface area contributed by atoms with Gasteiger partial charge in [-0.05, 0) is 37.1 Å². The van der Waals surface area contributed by atoms with Crippen LogP contribution in [0, 0.1) is 0 Å². The molecule has 2 aromatic rings. The Hall–Kier alpha value is -2.10. The van der Waals surface area contributed by atoms with Crippen molar-refractivity contribution in [3.63, 3.8) is 0 Å². The molecule has 4 heteroatoms. The van der Waals surface area contributed by atoms with Gasteiger partial charge in [-0.3, -0.25) is 0 Å². The van der Waals surface area contributed by atoms with E-state index in [2.05, 4.69) is 35.3 Å². The second-order valence-corrected chi connectivity index (χ2v) is 4.91. The van der Waals surface area contributed by atoms with E-state index in [0.29, 0.717) is 6.61 Å². The Morgan fingerprint density at radius 1 is 1.14 bits per heavy atom. The Kier molecular flexibility index (Phi) is 5.55. The first kappa shape index (κ1) is 15.3. The number of methoxy groups -OCH3 is 1. The van der Waals surface area contributed by atoms with E-state index in [1.54, 1.807) is 7.11 Å². The van der Waals surface area contributed by atoms with Crippen LogP contribution in [-0.4, -0.2) is 18.3 Å². The Balaban J connectivity index is 2.00. The summed E-state index contributed by atoms with van der Waals surface area (Å²) in [7, 11) is 1.65. The molecule has 21 heavy (non-hydrogen) atoms. The second-order valence-electron chi connectivity index (χ2n) is 4.91. The number of nitrogens with zero attached hydrogens (tertiary/aromatic N) is 1. The molecule has 0 aliphatic carbocycles. The molecular weight excluding hydrogens is 264 g/mol. The summed E-state index contributed by atoms with van der Waals surface area (Å²) in [4.78, 5) is 0. The third-order valence-electron chi connectivity index (χ3n) is 3.25. The Labute approximate surface area is 126 Å². The van der Waals surface area contributed by atoms with E-state index in [4.69, 9.17) is 9.47 Å². The molecule has 0 atom stereocenters. The monoisotopic (exact) mass is 288 g/mol. The van der Waals surface area contributed by atoms with Gasteiger partial charge in [0.2, 0.25) is 0 Å². The molecule has 0 amide bonds. The van der Waals surface area contributed by atoms with E-state index in [-0.39, 0.29) is 0 Å². The lowest BCUT2D eigenvalue weighted by molar-refractivity contribution is 0.311. The average Bonchev–Trinajstić information content (AvgIpc) is 2.94. The minimum absolute atomic E-state index is 0.625. The fourth-order valence-electron chi connectivity index (χ4n) is 2.25. The predicted molar refractivity (Wildman–Crippen MR) is 86.2 cm³/mol. The van der Waals surface area contributed by atoms with Crippen molar-refractivity contribution in [1.29, 1.82) is 0 Å². The number of hydrogen-bond donors (Lipinski definition) is 1. The van der Waals surface area contributed by atoms with Crippen LogP contribution in [0.2, 0.25) is 0 Å². The number of aryl methyl sites for hydroxylation is 1. The molecule has 4 nitrogen and oxygen atoms in total. The third kappa shape index (κ3) is 4.18. The van der Waals surface area contributed by atoms with Crippen LogP contribution in [0.3, 0.4) is 0 Å². The molecule has 0 saturated heterocycles. The smallest absolute Gasteiger partial charge is 0.163 e. The van der Waals surface area contributed by atoms with Gasteiger partial charge in [0, 0.05) is 37.2 Å². The zero-order valence-corrected chi connectivity index (χ0v) is 13.1. The summed E-state index contributed by atoms with van der Waals surface area (Å²) in [6.07, 6.45) is 5.46. The lowest BCUT2D eigenvalue weighted by Crippen LogP contribution is -2.01. The molecular formula is C17H24N2O2. The van der Waals surface area contributed by atoms with Gasteiger partial charge in [0.1, 0.15) is 0 Å². The molecule has 114 valence electrons. The summed E-state index contributed by atoms with van der Waals surface area (Å²) in [5.41, 5.74) is 2.31. The number of rotatable bonds is 8. The van der Waals surface area contributed by atoms with Crippen LogP contribution in [-0.2, 0) is 13.1 Å². The van der Waals surface area contributed by atoms with Gasteiger partial charge < -0.3 is 19.4 Å². The van der Waals surface area contributed by atoms with Crippen molar-refractivity contribution < 1.29 is 9.47 Å². The molecule has 1 aromatic carbocycles. The maximum Gasteiger partial charge on any atom is 0.163 e. The molecule has 0 saturated carbocycles. The van der Waals surface area contributed by atoms with Crippen LogP contribution >= 0.6 is 0 Å². The molecule has 0 unspecified atom stereocenters. The highest BCUT2D eigenvalue weighted by Crippen LogP contribution is 2.30. The summed E-state index contributed by atoms with van der Waals surface area (Å²) in [6, 6.07) is 8.06. The number of aromatic nitrogens is 1. The van der Waals surface area contributed by atoms with Gasteiger partial charge in [-0.2, -0.15) is 0 Å². The van der Waals surface area contributed by atoms with Crippen LogP contribution in [0.5, 0.6) is 11.5 Å². The van der Waals surface area contributed by atoms with Gasteiger partial charge in [0.05, 0.1) is 13.7 Å². The molecule has 1 heterocycles. The first-order chi connectivity index (χ1) is 10.3. The zero-order chi connectivity index (χ0) is 15.1. The van der Waals surface area contributed by atoms with Crippen molar-refractivity contribution in [3.05, 3.63) is 42.2 Å². The van der Waals surface area contributed by atoms with E-state index >= 15 is 0 Å². The largest absolute Gasteiger partial charge is 0.493 e. The first-order valence-corrected chi connectivity index (χ1v) is 7.46. The molecule has 1 aromatic heterocycles. The van der Waals surface area contributed by atoms with Crippen molar-refractivity contribution in [2.75, 3.05) is 19.0 Å². The van der Waals surface area contributed by atoms with Gasteiger partial charge in [-0.25, -0.2) is 0 Å². The van der Waals surface area contributed by atoms with E-state index in [1.165, 1.54) is 5.56 Å². The van der Waals surface area contributed by atoms with E-state index in [9.17, 15) is 0 Å². The number of nitrogens with one attached hydrogen (secondary N) is 1. The van der Waals surface area contributed by atoms with Crippen LogP contribution in [0.25, 0.3) is 0 Å². The summed E-state index contributed by atoms with van der Waals surface area (Å²) < 4.78 is 13.1. The van der Waals surface area contributed by atoms with Crippen LogP contribution in [0.1, 0.15) is 25.8 Å². The topological polar surface area (TPSA) is 35.4 Å². The normalized spacial score (nSPS) is 10.4. The molecule has 0 aliphatic heterocycles. The van der Waals surface area contributed by atoms with Crippen LogP contribution in [0.15, 0.2) is 36.7 Å². The van der Waals surface area contributed by atoms with Crippen LogP contribution in [0.4, 0.5) is 5.69 Å². The first-order valence-electron chi connectivity index (χ1n) is 7.46. The van der Waals surface area contributed by atoms with Crippen molar-refractivity contribution in [2.45, 2.75) is 33.4 Å². The molecule has 0 bridgehead atoms. The highest BCUT2D eigenvalue weighted by Gasteiger charge is 2.05. The standard InChI is InChI=1S/C17H24N2O2/c1-4-9-19-10-8-14(13-19)12-18-15-6-7-16(20-3)17(11-15)21-5-2/h6-8,10-11,13,18H,4-5,9,12H2,1-3H3. The molecule has 2 rings (SSSR count). The summed E-state index contributed by atoms with van der Waals surface area (Å²) in [6.45, 7) is 6.64. The minimum atomic E-state index is 0.625. The maximum atomic E-state index is 5.59. The number of hydrogen-bond acceptors (Lipinski definition) is 3. The highest BCUT2D eigenvalue weighted by atomic mass is 16.5. The number of ether oxygens (including phenoxy) is 2. The van der Waals surface area contributed by atoms with Gasteiger partial charge in [0.15, 0.2) is 11.5 Å². The molecule has 1 N–H and O–H groups in total. The molecule has 0 aliphatic rings. The summed E-state index contributed by atoms with van der Waals surface area (Å²) in [5.74, 6) is 1.53. The summed E-state index contributed by atoms with van der Waals surface area (Å²) >= 11 is 0. The van der Waals surface area contributed by atoms with Gasteiger partial charge in [-0.1, -0.05) is 6.92 Å². The summed E-state index contributed by atoms with van der Waals surface area (Å²) in [5, 5.41) is 3.42. The lowest BCUT2D eigenvalue weighted by atomic mass is 10.2. The number of benzene rings is 1. The quantitative estimate of drug-likeness (QED) is 0.799.